The average Bonchev–Trinajstić information content (AvgIpc) is 4.23. The predicted octanol–water partition coefficient (Wildman–Crippen LogP) is 12.9. The van der Waals surface area contributed by atoms with E-state index in [2.05, 4.69) is 204 Å². The highest BCUT2D eigenvalue weighted by molar-refractivity contribution is 5.93. The molecule has 0 atom stereocenters. The number of aromatic nitrogens is 4. The summed E-state index contributed by atoms with van der Waals surface area (Å²) in [5.41, 5.74) is 17.4. The van der Waals surface area contributed by atoms with Crippen LogP contribution in [0.15, 0.2) is 218 Å². The number of nitrogens with one attached hydrogen (secondary N) is 2. The highest BCUT2D eigenvalue weighted by atomic mass is 16.3. The summed E-state index contributed by atoms with van der Waals surface area (Å²) in [5, 5.41) is 26.0. The van der Waals surface area contributed by atoms with Crippen molar-refractivity contribution in [3.63, 3.8) is 0 Å². The first kappa shape index (κ1) is 38.3. The number of fused-ring (bicyclic) bond motifs is 10. The smallest absolute Gasteiger partial charge is 0.120 e. The minimum Gasteiger partial charge on any atom is -0.376 e. The van der Waals surface area contributed by atoms with E-state index in [-0.39, 0.29) is 13.5 Å². The molecule has 0 spiro atoms. The third-order valence-corrected chi connectivity index (χ3v) is 14.4. The third kappa shape index (κ3) is 5.19. The van der Waals surface area contributed by atoms with Crippen molar-refractivity contribution in [2.24, 2.45) is 0 Å². The summed E-state index contributed by atoms with van der Waals surface area (Å²) < 4.78 is 4.02. The Morgan fingerprint density at radius 1 is 0.333 bits per heavy atom. The Morgan fingerprint density at radius 2 is 0.652 bits per heavy atom. The monoisotopic (exact) mass is 852 g/mol. The van der Waals surface area contributed by atoms with E-state index < -0.39 is 10.8 Å². The molecule has 4 N–H and O–H groups in total. The van der Waals surface area contributed by atoms with Gasteiger partial charge in [-0.05, 0) is 115 Å². The van der Waals surface area contributed by atoms with Crippen LogP contribution in [-0.4, -0.2) is 29.3 Å². The van der Waals surface area contributed by atoms with E-state index in [1.54, 1.807) is 0 Å². The molecule has 8 aromatic carbocycles. The van der Waals surface area contributed by atoms with Crippen molar-refractivity contribution in [1.82, 2.24) is 19.1 Å². The van der Waals surface area contributed by atoms with Crippen molar-refractivity contribution >= 4 is 43.6 Å². The summed E-state index contributed by atoms with van der Waals surface area (Å²) in [6.07, 6.45) is 0. The Bertz CT molecular complexity index is 3520. The van der Waals surface area contributed by atoms with Crippen molar-refractivity contribution < 1.29 is 10.2 Å². The van der Waals surface area contributed by atoms with E-state index in [0.29, 0.717) is 0 Å². The maximum atomic E-state index is 10.7. The molecule has 66 heavy (non-hydrogen) atoms. The van der Waals surface area contributed by atoms with E-state index in [1.807, 2.05) is 33.4 Å². The van der Waals surface area contributed by atoms with Crippen LogP contribution in [0, 0.1) is 0 Å². The zero-order valence-corrected chi connectivity index (χ0v) is 36.0. The number of aliphatic hydroxyl groups excluding tert-OH is 2. The normalized spacial score (nSPS) is 14.0. The van der Waals surface area contributed by atoms with E-state index in [0.717, 1.165) is 55.4 Å². The SMILES string of the molecule is OCn1c(C2(c3cc4ccccc4n3CO)c3ccccc3-c3ccccc32)cc2ccccc21.c1ccc2c(c1)-c1ccccc1C2(c1cc2ccccc2[nH]1)c1cc2ccccc2[nH]1. The number of H-pyrrole nitrogens is 2. The lowest BCUT2D eigenvalue weighted by Gasteiger charge is -2.34. The first-order valence-electron chi connectivity index (χ1n) is 22.6. The van der Waals surface area contributed by atoms with Crippen LogP contribution in [-0.2, 0) is 24.3 Å². The third-order valence-electron chi connectivity index (χ3n) is 14.4. The van der Waals surface area contributed by atoms with Crippen LogP contribution in [0.4, 0.5) is 0 Å². The minimum atomic E-state index is -0.726. The molecule has 4 heterocycles. The lowest BCUT2D eigenvalue weighted by atomic mass is 9.72. The first-order chi connectivity index (χ1) is 32.6. The second kappa shape index (κ2) is 14.7. The molecule has 6 heteroatoms. The number of hydrogen-bond acceptors (Lipinski definition) is 2. The van der Waals surface area contributed by atoms with E-state index in [4.69, 9.17) is 0 Å². The predicted molar refractivity (Wildman–Crippen MR) is 267 cm³/mol. The lowest BCUT2D eigenvalue weighted by molar-refractivity contribution is 0.203. The van der Waals surface area contributed by atoms with Gasteiger partial charge in [-0.3, -0.25) is 0 Å². The van der Waals surface area contributed by atoms with Crippen LogP contribution >= 0.6 is 0 Å². The van der Waals surface area contributed by atoms with Crippen LogP contribution in [0.3, 0.4) is 0 Å². The zero-order valence-electron chi connectivity index (χ0n) is 36.0. The van der Waals surface area contributed by atoms with E-state index in [1.165, 1.54) is 55.5 Å². The highest BCUT2D eigenvalue weighted by Crippen LogP contribution is 2.58. The maximum Gasteiger partial charge on any atom is 0.120 e. The maximum absolute atomic E-state index is 10.7. The zero-order chi connectivity index (χ0) is 44.0. The number of benzene rings is 8. The molecule has 0 saturated heterocycles. The van der Waals surface area contributed by atoms with Gasteiger partial charge in [-0.2, -0.15) is 0 Å². The Morgan fingerprint density at radius 3 is 1.03 bits per heavy atom. The molecule has 0 fully saturated rings. The topological polar surface area (TPSA) is 81.9 Å². The Kier molecular flexibility index (Phi) is 8.53. The summed E-state index contributed by atoms with van der Waals surface area (Å²) in [6.45, 7) is -0.289. The van der Waals surface area contributed by atoms with Crippen LogP contribution < -0.4 is 0 Å². The summed E-state index contributed by atoms with van der Waals surface area (Å²) in [7, 11) is 0. The Balaban J connectivity index is 0.000000133. The lowest BCUT2D eigenvalue weighted by Crippen LogP contribution is -2.34. The van der Waals surface area contributed by atoms with Gasteiger partial charge >= 0.3 is 0 Å². The Hall–Kier alpha value is -8.16. The van der Waals surface area contributed by atoms with Crippen molar-refractivity contribution in [1.29, 1.82) is 0 Å². The van der Waals surface area contributed by atoms with Crippen molar-refractivity contribution in [3.8, 4) is 22.3 Å². The van der Waals surface area contributed by atoms with Crippen LogP contribution in [0.1, 0.15) is 45.0 Å². The fourth-order valence-corrected chi connectivity index (χ4v) is 11.8. The second-order valence-corrected chi connectivity index (χ2v) is 17.5. The number of para-hydroxylation sites is 4. The fraction of sp³-hybridized carbons (Fsp3) is 0.0667. The molecule has 0 amide bonds. The number of rotatable bonds is 6. The van der Waals surface area contributed by atoms with Gasteiger partial charge < -0.3 is 29.3 Å². The summed E-state index contributed by atoms with van der Waals surface area (Å²) in [6, 6.07) is 77.2. The van der Waals surface area contributed by atoms with Gasteiger partial charge in [0.25, 0.3) is 0 Å². The molecule has 0 saturated carbocycles. The second-order valence-electron chi connectivity index (χ2n) is 17.5. The molecular weight excluding hydrogens is 809 g/mol. The molecule has 12 aromatic rings. The number of hydrogen-bond donors (Lipinski definition) is 4. The van der Waals surface area contributed by atoms with Crippen molar-refractivity contribution in [2.75, 3.05) is 0 Å². The molecule has 0 aliphatic heterocycles. The van der Waals surface area contributed by atoms with E-state index in [9.17, 15) is 10.2 Å². The van der Waals surface area contributed by atoms with Crippen molar-refractivity contribution in [3.05, 3.63) is 263 Å². The van der Waals surface area contributed by atoms with Gasteiger partial charge in [-0.25, -0.2) is 0 Å². The minimum absolute atomic E-state index is 0.145. The number of nitrogens with zero attached hydrogens (tertiary/aromatic N) is 2. The molecule has 6 nitrogen and oxygen atoms in total. The molecular formula is C60H44N4O2. The van der Waals surface area contributed by atoms with Crippen LogP contribution in [0.25, 0.3) is 65.9 Å². The molecule has 316 valence electrons. The quantitative estimate of drug-likeness (QED) is 0.134. The van der Waals surface area contributed by atoms with Gasteiger partial charge in [-0.1, -0.05) is 170 Å². The summed E-state index contributed by atoms with van der Waals surface area (Å²) >= 11 is 0. The number of aliphatic hydroxyl groups is 2. The van der Waals surface area contributed by atoms with Crippen molar-refractivity contribution in [2.45, 2.75) is 24.3 Å². The molecule has 0 unspecified atom stereocenters. The van der Waals surface area contributed by atoms with E-state index >= 15 is 0 Å². The molecule has 0 bridgehead atoms. The van der Waals surface area contributed by atoms with Gasteiger partial charge in [-0.15, -0.1) is 0 Å². The average molecular weight is 853 g/mol. The van der Waals surface area contributed by atoms with Gasteiger partial charge in [0.1, 0.15) is 24.3 Å². The first-order valence-corrected chi connectivity index (χ1v) is 22.6. The van der Waals surface area contributed by atoms with Gasteiger partial charge in [0.05, 0.1) is 11.0 Å². The molecule has 0 radical (unpaired) electrons. The van der Waals surface area contributed by atoms with Gasteiger partial charge in [0.15, 0.2) is 0 Å². The molecule has 14 rings (SSSR count). The van der Waals surface area contributed by atoms with Gasteiger partial charge in [0, 0.05) is 33.8 Å². The highest BCUT2D eigenvalue weighted by Gasteiger charge is 2.51. The van der Waals surface area contributed by atoms with Gasteiger partial charge in [0.2, 0.25) is 0 Å². The number of aromatic amines is 2. The molecule has 4 aromatic heterocycles. The van der Waals surface area contributed by atoms with Crippen LogP contribution in [0.2, 0.25) is 0 Å². The largest absolute Gasteiger partial charge is 0.376 e. The summed E-state index contributed by atoms with van der Waals surface area (Å²) in [5.74, 6) is 0. The molecule has 2 aliphatic rings. The Labute approximate surface area is 381 Å². The fourth-order valence-electron chi connectivity index (χ4n) is 11.8. The molecule has 2 aliphatic carbocycles. The van der Waals surface area contributed by atoms with Crippen LogP contribution in [0.5, 0.6) is 0 Å². The standard InChI is InChI=1S/C31H24N2O2.C29H20N2/c34-19-32-27-15-7-1-9-21(27)17-29(32)31(30-18-22-10-2-8-16-28(22)33(30)20-35)25-13-5-3-11-23(25)24-12-4-6-14-26(24)31;1-7-15-25-19(9-1)17-27(30-25)29(28-18-20-10-2-8-16-26(20)31-28)23-13-5-3-11-21(23)22-12-4-6-14-24(22)29/h1-18,34-35H,19-20H2;1-18,30-31H. The summed E-state index contributed by atoms with van der Waals surface area (Å²) in [4.78, 5) is 7.57.